The predicted octanol–water partition coefficient (Wildman–Crippen LogP) is 2.86. The van der Waals surface area contributed by atoms with Gasteiger partial charge in [0, 0.05) is 17.1 Å². The fourth-order valence-corrected chi connectivity index (χ4v) is 1.83. The van der Waals surface area contributed by atoms with Gasteiger partial charge in [-0.2, -0.15) is 0 Å². The summed E-state index contributed by atoms with van der Waals surface area (Å²) in [7, 11) is 0. The van der Waals surface area contributed by atoms with Crippen LogP contribution in [0.4, 0.5) is 19.6 Å². The minimum atomic E-state index is -1.14. The number of benzene rings is 1. The molecule has 0 bridgehead atoms. The highest BCUT2D eigenvalue weighted by molar-refractivity contribution is 7.14. The first-order valence-electron chi connectivity index (χ1n) is 4.47. The molecule has 0 spiro atoms. The van der Waals surface area contributed by atoms with Crippen LogP contribution in [-0.4, -0.2) is 16.1 Å². The summed E-state index contributed by atoms with van der Waals surface area (Å²) in [6.07, 6.45) is 0. The molecule has 0 fully saturated rings. The molecule has 0 aliphatic carbocycles. The molecule has 0 atom stereocenters. The summed E-state index contributed by atoms with van der Waals surface area (Å²) in [5.41, 5.74) is 0.204. The van der Waals surface area contributed by atoms with Crippen molar-refractivity contribution in [1.82, 2.24) is 4.98 Å². The van der Waals surface area contributed by atoms with Crippen molar-refractivity contribution >= 4 is 28.1 Å². The second-order valence-corrected chi connectivity index (χ2v) is 3.96. The topological polar surface area (TPSA) is 62.2 Å². The first-order valence-corrected chi connectivity index (χ1v) is 5.35. The van der Waals surface area contributed by atoms with Gasteiger partial charge in [0.2, 0.25) is 0 Å². The van der Waals surface area contributed by atoms with Crippen molar-refractivity contribution in [3.05, 3.63) is 40.9 Å². The maximum atomic E-state index is 12.9. The van der Waals surface area contributed by atoms with Gasteiger partial charge in [-0.1, -0.05) is 0 Å². The van der Waals surface area contributed by atoms with Gasteiger partial charge in [0.1, 0.15) is 0 Å². The second-order valence-electron chi connectivity index (χ2n) is 3.10. The lowest BCUT2D eigenvalue weighted by Crippen LogP contribution is -1.97. The summed E-state index contributed by atoms with van der Waals surface area (Å²) < 4.78 is 25.5. The van der Waals surface area contributed by atoms with Gasteiger partial charge in [0.05, 0.1) is 0 Å². The molecular weight excluding hydrogens is 250 g/mol. The van der Waals surface area contributed by atoms with Crippen LogP contribution in [0.5, 0.6) is 0 Å². The van der Waals surface area contributed by atoms with Gasteiger partial charge in [-0.15, -0.1) is 11.3 Å². The molecular formula is C10H6F2N2O2S. The van der Waals surface area contributed by atoms with Crippen molar-refractivity contribution in [2.24, 2.45) is 0 Å². The van der Waals surface area contributed by atoms with Gasteiger partial charge in [-0.3, -0.25) is 0 Å². The lowest BCUT2D eigenvalue weighted by atomic mass is 10.3. The molecule has 1 heterocycles. The predicted molar refractivity (Wildman–Crippen MR) is 58.7 cm³/mol. The Morgan fingerprint density at radius 2 is 2.12 bits per heavy atom. The highest BCUT2D eigenvalue weighted by Crippen LogP contribution is 2.22. The molecule has 0 saturated carbocycles. The fourth-order valence-electron chi connectivity index (χ4n) is 1.13. The molecule has 0 radical (unpaired) electrons. The molecule has 1 aromatic carbocycles. The number of halogens is 2. The standard InChI is InChI=1S/C10H6F2N2O2S/c11-6-2-1-5(3-7(6)12)13-10-14-8(4-17-10)9(15)16/h1-4H,(H,13,14)(H,15,16). The largest absolute Gasteiger partial charge is 0.476 e. The molecule has 0 unspecified atom stereocenters. The van der Waals surface area contributed by atoms with Gasteiger partial charge < -0.3 is 10.4 Å². The van der Waals surface area contributed by atoms with E-state index >= 15 is 0 Å². The number of hydrogen-bond donors (Lipinski definition) is 2. The van der Waals surface area contributed by atoms with Crippen LogP contribution in [0.25, 0.3) is 0 Å². The van der Waals surface area contributed by atoms with Crippen molar-refractivity contribution in [3.63, 3.8) is 0 Å². The Balaban J connectivity index is 2.19. The lowest BCUT2D eigenvalue weighted by Gasteiger charge is -2.02. The minimum Gasteiger partial charge on any atom is -0.476 e. The van der Waals surface area contributed by atoms with Crippen LogP contribution < -0.4 is 5.32 Å². The molecule has 0 aliphatic rings. The number of carbonyl (C=O) groups is 1. The van der Waals surface area contributed by atoms with E-state index < -0.39 is 17.6 Å². The minimum absolute atomic E-state index is 0.0971. The number of nitrogens with zero attached hydrogens (tertiary/aromatic N) is 1. The Morgan fingerprint density at radius 3 is 2.71 bits per heavy atom. The van der Waals surface area contributed by atoms with E-state index in [9.17, 15) is 13.6 Å². The number of rotatable bonds is 3. The first-order chi connectivity index (χ1) is 8.06. The molecule has 0 amide bonds. The summed E-state index contributed by atoms with van der Waals surface area (Å²) in [4.78, 5) is 14.3. The number of thiazole rings is 1. The third kappa shape index (κ3) is 2.56. The molecule has 88 valence electrons. The SMILES string of the molecule is O=C(O)c1csc(Nc2ccc(F)c(F)c2)n1. The third-order valence-electron chi connectivity index (χ3n) is 1.89. The molecule has 17 heavy (non-hydrogen) atoms. The average Bonchev–Trinajstić information content (AvgIpc) is 2.72. The maximum Gasteiger partial charge on any atom is 0.355 e. The molecule has 7 heteroatoms. The number of anilines is 2. The van der Waals surface area contributed by atoms with Crippen molar-refractivity contribution < 1.29 is 18.7 Å². The normalized spacial score (nSPS) is 10.2. The van der Waals surface area contributed by atoms with E-state index in [0.717, 1.165) is 23.5 Å². The van der Waals surface area contributed by atoms with Gasteiger partial charge in [-0.05, 0) is 12.1 Å². The van der Waals surface area contributed by atoms with Gasteiger partial charge >= 0.3 is 5.97 Å². The van der Waals surface area contributed by atoms with E-state index in [2.05, 4.69) is 10.3 Å². The zero-order valence-corrected chi connectivity index (χ0v) is 9.09. The molecule has 4 nitrogen and oxygen atoms in total. The lowest BCUT2D eigenvalue weighted by molar-refractivity contribution is 0.0691. The highest BCUT2D eigenvalue weighted by atomic mass is 32.1. The quantitative estimate of drug-likeness (QED) is 0.886. The number of aromatic carboxylic acids is 1. The number of nitrogens with one attached hydrogen (secondary N) is 1. The van der Waals surface area contributed by atoms with Crippen LogP contribution in [0, 0.1) is 11.6 Å². The molecule has 1 aromatic heterocycles. The van der Waals surface area contributed by atoms with E-state index in [-0.39, 0.29) is 5.69 Å². The molecule has 0 saturated heterocycles. The average molecular weight is 256 g/mol. The Bertz CT molecular complexity index is 571. The van der Waals surface area contributed by atoms with E-state index in [1.54, 1.807) is 0 Å². The second kappa shape index (κ2) is 4.46. The monoisotopic (exact) mass is 256 g/mol. The zero-order valence-electron chi connectivity index (χ0n) is 8.28. The van der Waals surface area contributed by atoms with Crippen molar-refractivity contribution in [2.75, 3.05) is 5.32 Å². The summed E-state index contributed by atoms with van der Waals surface area (Å²) in [6.45, 7) is 0. The molecule has 2 N–H and O–H groups in total. The smallest absolute Gasteiger partial charge is 0.355 e. The van der Waals surface area contributed by atoms with E-state index in [0.29, 0.717) is 10.8 Å². The Kier molecular flexibility index (Phi) is 3.01. The first kappa shape index (κ1) is 11.5. The number of hydrogen-bond acceptors (Lipinski definition) is 4. The van der Waals surface area contributed by atoms with Crippen LogP contribution in [0.1, 0.15) is 10.5 Å². The molecule has 2 aromatic rings. The van der Waals surface area contributed by atoms with Gasteiger partial charge in [0.25, 0.3) is 0 Å². The Labute approximate surface area is 98.6 Å². The van der Waals surface area contributed by atoms with E-state index in [1.165, 1.54) is 11.4 Å². The van der Waals surface area contributed by atoms with Crippen LogP contribution in [-0.2, 0) is 0 Å². The fraction of sp³-hybridized carbons (Fsp3) is 0. The van der Waals surface area contributed by atoms with Crippen LogP contribution >= 0.6 is 11.3 Å². The summed E-state index contributed by atoms with van der Waals surface area (Å²) in [6, 6.07) is 3.28. The summed E-state index contributed by atoms with van der Waals surface area (Å²) in [5, 5.41) is 13.0. The molecule has 2 rings (SSSR count). The van der Waals surface area contributed by atoms with Crippen LogP contribution in [0.3, 0.4) is 0 Å². The number of carboxylic acids is 1. The van der Waals surface area contributed by atoms with E-state index in [1.807, 2.05) is 0 Å². The van der Waals surface area contributed by atoms with Gasteiger partial charge in [0.15, 0.2) is 22.5 Å². The Morgan fingerprint density at radius 1 is 1.35 bits per heavy atom. The molecule has 0 aliphatic heterocycles. The highest BCUT2D eigenvalue weighted by Gasteiger charge is 2.09. The van der Waals surface area contributed by atoms with Crippen LogP contribution in [0.2, 0.25) is 0 Å². The van der Waals surface area contributed by atoms with Gasteiger partial charge in [-0.25, -0.2) is 18.6 Å². The van der Waals surface area contributed by atoms with Crippen LogP contribution in [0.15, 0.2) is 23.6 Å². The van der Waals surface area contributed by atoms with Crippen molar-refractivity contribution in [1.29, 1.82) is 0 Å². The third-order valence-corrected chi connectivity index (χ3v) is 2.65. The zero-order chi connectivity index (χ0) is 12.4. The van der Waals surface area contributed by atoms with Crippen molar-refractivity contribution in [3.8, 4) is 0 Å². The maximum absolute atomic E-state index is 12.9. The summed E-state index contributed by atoms with van der Waals surface area (Å²) in [5.74, 6) is -3.06. The summed E-state index contributed by atoms with van der Waals surface area (Å²) >= 11 is 1.06. The van der Waals surface area contributed by atoms with Crippen molar-refractivity contribution in [2.45, 2.75) is 0 Å². The number of aromatic nitrogens is 1. The van der Waals surface area contributed by atoms with E-state index in [4.69, 9.17) is 5.11 Å². The Hall–Kier alpha value is -2.02. The number of carboxylic acid groups (broad SMARTS) is 1.